The number of aromatic nitrogens is 4. The summed E-state index contributed by atoms with van der Waals surface area (Å²) in [5.74, 6) is -0.376. The third-order valence-electron chi connectivity index (χ3n) is 3.64. The largest absolute Gasteiger partial charge is 0.463 e. The maximum Gasteiger partial charge on any atom is 0.308 e. The molecular formula is C14H18N4O4. The SMILES string of the molecule is CC(C)C(=O)OCC1CCC(n2cnc3c(=O)[nH]cnc32)O1. The van der Waals surface area contributed by atoms with Gasteiger partial charge >= 0.3 is 5.97 Å². The molecule has 0 bridgehead atoms. The number of rotatable bonds is 4. The maximum absolute atomic E-state index is 11.6. The Labute approximate surface area is 126 Å². The van der Waals surface area contributed by atoms with Gasteiger partial charge in [0.2, 0.25) is 0 Å². The molecule has 2 aromatic rings. The molecule has 0 saturated carbocycles. The first-order valence-corrected chi connectivity index (χ1v) is 7.28. The van der Waals surface area contributed by atoms with E-state index in [1.165, 1.54) is 6.33 Å². The Hall–Kier alpha value is -2.22. The van der Waals surface area contributed by atoms with Gasteiger partial charge in [-0.3, -0.25) is 14.2 Å². The molecule has 2 unspecified atom stereocenters. The molecule has 3 rings (SSSR count). The molecule has 0 aromatic carbocycles. The van der Waals surface area contributed by atoms with Crippen LogP contribution in [0.3, 0.4) is 0 Å². The van der Waals surface area contributed by atoms with Gasteiger partial charge in [0.15, 0.2) is 11.2 Å². The zero-order valence-electron chi connectivity index (χ0n) is 12.5. The molecule has 1 aliphatic rings. The van der Waals surface area contributed by atoms with Gasteiger partial charge in [0.05, 0.1) is 24.7 Å². The molecule has 0 aliphatic carbocycles. The number of ether oxygens (including phenoxy) is 2. The summed E-state index contributed by atoms with van der Waals surface area (Å²) in [6.45, 7) is 3.83. The van der Waals surface area contributed by atoms with Crippen molar-refractivity contribution in [1.82, 2.24) is 19.5 Å². The number of nitrogens with one attached hydrogen (secondary N) is 1. The molecular weight excluding hydrogens is 288 g/mol. The number of esters is 1. The van der Waals surface area contributed by atoms with Gasteiger partial charge in [0.1, 0.15) is 12.8 Å². The van der Waals surface area contributed by atoms with Crippen molar-refractivity contribution >= 4 is 17.1 Å². The standard InChI is InChI=1S/C14H18N4O4/c1-8(2)14(20)21-5-9-3-4-10(22-9)18-7-17-11-12(18)15-6-16-13(11)19/h6-10H,3-5H2,1-2H3,(H,15,16,19). The predicted molar refractivity (Wildman–Crippen MR) is 77.1 cm³/mol. The average molecular weight is 306 g/mol. The van der Waals surface area contributed by atoms with Crippen molar-refractivity contribution < 1.29 is 14.3 Å². The number of nitrogens with zero attached hydrogens (tertiary/aromatic N) is 3. The lowest BCUT2D eigenvalue weighted by molar-refractivity contribution is -0.152. The normalized spacial score (nSPS) is 21.6. The molecule has 1 fully saturated rings. The lowest BCUT2D eigenvalue weighted by atomic mass is 10.2. The Balaban J connectivity index is 1.68. The number of aromatic amines is 1. The Kier molecular flexibility index (Phi) is 3.93. The minimum atomic E-state index is -0.274. The lowest BCUT2D eigenvalue weighted by Gasteiger charge is -2.15. The maximum atomic E-state index is 11.6. The van der Waals surface area contributed by atoms with E-state index < -0.39 is 0 Å². The van der Waals surface area contributed by atoms with Gasteiger partial charge in [-0.15, -0.1) is 0 Å². The summed E-state index contributed by atoms with van der Waals surface area (Å²) < 4.78 is 12.8. The highest BCUT2D eigenvalue weighted by atomic mass is 16.6. The zero-order valence-corrected chi connectivity index (χ0v) is 12.5. The van der Waals surface area contributed by atoms with E-state index in [1.54, 1.807) is 24.7 Å². The lowest BCUT2D eigenvalue weighted by Crippen LogP contribution is -2.21. The van der Waals surface area contributed by atoms with Gasteiger partial charge in [-0.2, -0.15) is 0 Å². The summed E-state index contributed by atoms with van der Waals surface area (Å²) in [4.78, 5) is 33.8. The van der Waals surface area contributed by atoms with Gasteiger partial charge in [-0.25, -0.2) is 9.97 Å². The smallest absolute Gasteiger partial charge is 0.308 e. The number of imidazole rings is 1. The van der Waals surface area contributed by atoms with E-state index in [1.807, 2.05) is 0 Å². The molecule has 22 heavy (non-hydrogen) atoms. The van der Waals surface area contributed by atoms with Gasteiger partial charge < -0.3 is 14.5 Å². The number of hydrogen-bond acceptors (Lipinski definition) is 6. The molecule has 1 aliphatic heterocycles. The fraction of sp³-hybridized carbons (Fsp3) is 0.571. The second-order valence-corrected chi connectivity index (χ2v) is 5.63. The second-order valence-electron chi connectivity index (χ2n) is 5.63. The van der Waals surface area contributed by atoms with Crippen molar-refractivity contribution in [3.05, 3.63) is 23.0 Å². The molecule has 0 amide bonds. The Morgan fingerprint density at radius 2 is 2.32 bits per heavy atom. The number of carbonyl (C=O) groups is 1. The van der Waals surface area contributed by atoms with Crippen LogP contribution in [0, 0.1) is 5.92 Å². The van der Waals surface area contributed by atoms with Crippen LogP contribution in [-0.4, -0.2) is 38.2 Å². The average Bonchev–Trinajstić information content (AvgIpc) is 3.11. The van der Waals surface area contributed by atoms with Crippen LogP contribution < -0.4 is 5.56 Å². The van der Waals surface area contributed by atoms with E-state index in [9.17, 15) is 9.59 Å². The summed E-state index contributed by atoms with van der Waals surface area (Å²) in [5.41, 5.74) is 0.513. The van der Waals surface area contributed by atoms with E-state index in [0.29, 0.717) is 11.2 Å². The molecule has 2 atom stereocenters. The minimum absolute atomic E-state index is 0.146. The van der Waals surface area contributed by atoms with Crippen molar-refractivity contribution in [3.63, 3.8) is 0 Å². The van der Waals surface area contributed by atoms with E-state index in [2.05, 4.69) is 15.0 Å². The first kappa shape index (κ1) is 14.7. The fourth-order valence-corrected chi connectivity index (χ4v) is 2.43. The van der Waals surface area contributed by atoms with Crippen LogP contribution in [-0.2, 0) is 14.3 Å². The third-order valence-corrected chi connectivity index (χ3v) is 3.64. The van der Waals surface area contributed by atoms with Crippen LogP contribution in [0.2, 0.25) is 0 Å². The third kappa shape index (κ3) is 2.74. The summed E-state index contributed by atoms with van der Waals surface area (Å²) >= 11 is 0. The topological polar surface area (TPSA) is 99.1 Å². The number of H-pyrrole nitrogens is 1. The van der Waals surface area contributed by atoms with Crippen molar-refractivity contribution in [2.24, 2.45) is 5.92 Å². The molecule has 8 nitrogen and oxygen atoms in total. The van der Waals surface area contributed by atoms with E-state index in [0.717, 1.165) is 12.8 Å². The number of carbonyl (C=O) groups excluding carboxylic acids is 1. The quantitative estimate of drug-likeness (QED) is 0.846. The number of hydrogen-bond donors (Lipinski definition) is 1. The second kappa shape index (κ2) is 5.88. The highest BCUT2D eigenvalue weighted by Gasteiger charge is 2.29. The molecule has 0 spiro atoms. The summed E-state index contributed by atoms with van der Waals surface area (Å²) in [5, 5.41) is 0. The molecule has 8 heteroatoms. The zero-order chi connectivity index (χ0) is 15.7. The molecule has 2 aromatic heterocycles. The van der Waals surface area contributed by atoms with Crippen molar-refractivity contribution in [2.45, 2.75) is 39.0 Å². The molecule has 118 valence electrons. The highest BCUT2D eigenvalue weighted by Crippen LogP contribution is 2.30. The van der Waals surface area contributed by atoms with Gasteiger partial charge in [-0.1, -0.05) is 13.8 Å². The minimum Gasteiger partial charge on any atom is -0.463 e. The highest BCUT2D eigenvalue weighted by molar-refractivity contribution is 5.71. The Morgan fingerprint density at radius 1 is 1.50 bits per heavy atom. The molecule has 1 N–H and O–H groups in total. The molecule has 3 heterocycles. The summed E-state index contributed by atoms with van der Waals surface area (Å²) in [6, 6.07) is 0. The van der Waals surface area contributed by atoms with Crippen molar-refractivity contribution in [3.8, 4) is 0 Å². The van der Waals surface area contributed by atoms with Gasteiger partial charge in [0.25, 0.3) is 5.56 Å². The summed E-state index contributed by atoms with van der Waals surface area (Å²) in [7, 11) is 0. The fourth-order valence-electron chi connectivity index (χ4n) is 2.43. The van der Waals surface area contributed by atoms with Crippen LogP contribution in [0.4, 0.5) is 0 Å². The van der Waals surface area contributed by atoms with E-state index >= 15 is 0 Å². The first-order valence-electron chi connectivity index (χ1n) is 7.28. The monoisotopic (exact) mass is 306 g/mol. The Morgan fingerprint density at radius 3 is 3.09 bits per heavy atom. The Bertz CT molecular complexity index is 736. The van der Waals surface area contributed by atoms with Gasteiger partial charge in [0, 0.05) is 0 Å². The van der Waals surface area contributed by atoms with Crippen molar-refractivity contribution in [2.75, 3.05) is 6.61 Å². The van der Waals surface area contributed by atoms with Crippen molar-refractivity contribution in [1.29, 1.82) is 0 Å². The van der Waals surface area contributed by atoms with Crippen LogP contribution in [0.5, 0.6) is 0 Å². The van der Waals surface area contributed by atoms with E-state index in [4.69, 9.17) is 9.47 Å². The predicted octanol–water partition coefficient (Wildman–Crippen LogP) is 0.996. The van der Waals surface area contributed by atoms with Crippen LogP contribution in [0.15, 0.2) is 17.4 Å². The van der Waals surface area contributed by atoms with Crippen LogP contribution in [0.25, 0.3) is 11.2 Å². The first-order chi connectivity index (χ1) is 10.6. The van der Waals surface area contributed by atoms with E-state index in [-0.39, 0.29) is 36.4 Å². The van der Waals surface area contributed by atoms with Gasteiger partial charge in [-0.05, 0) is 12.8 Å². The molecule has 0 radical (unpaired) electrons. The molecule has 1 saturated heterocycles. The summed E-state index contributed by atoms with van der Waals surface area (Å²) in [6.07, 6.45) is 4.04. The van der Waals surface area contributed by atoms with Crippen LogP contribution in [0.1, 0.15) is 32.9 Å². The van der Waals surface area contributed by atoms with Crippen LogP contribution >= 0.6 is 0 Å². The number of fused-ring (bicyclic) bond motifs is 1.